The van der Waals surface area contributed by atoms with Gasteiger partial charge in [0, 0.05) is 5.56 Å². The van der Waals surface area contributed by atoms with E-state index in [0.717, 1.165) is 18.2 Å². The lowest BCUT2D eigenvalue weighted by Gasteiger charge is -2.18. The van der Waals surface area contributed by atoms with Gasteiger partial charge in [0.15, 0.2) is 0 Å². The van der Waals surface area contributed by atoms with Crippen LogP contribution in [-0.4, -0.2) is 17.4 Å². The molecule has 0 heterocycles. The van der Waals surface area contributed by atoms with Gasteiger partial charge in [-0.3, -0.25) is 0 Å². The van der Waals surface area contributed by atoms with Crippen molar-refractivity contribution in [3.63, 3.8) is 0 Å². The number of hydrogen-bond acceptors (Lipinski definition) is 3. The zero-order chi connectivity index (χ0) is 14.6. The van der Waals surface area contributed by atoms with E-state index in [4.69, 9.17) is 4.74 Å². The summed E-state index contributed by atoms with van der Waals surface area (Å²) >= 11 is 0. The molecule has 0 aromatic heterocycles. The first kappa shape index (κ1) is 15.1. The lowest BCUT2D eigenvalue weighted by atomic mass is 10.1. The zero-order valence-corrected chi connectivity index (χ0v) is 11.3. The van der Waals surface area contributed by atoms with E-state index in [1.807, 2.05) is 0 Å². The molecule has 0 aliphatic carbocycles. The van der Waals surface area contributed by atoms with Crippen molar-refractivity contribution in [2.45, 2.75) is 33.3 Å². The molecule has 0 atom stereocenters. The predicted molar refractivity (Wildman–Crippen MR) is 67.9 cm³/mol. The van der Waals surface area contributed by atoms with Crippen LogP contribution >= 0.6 is 0 Å². The first-order chi connectivity index (χ1) is 8.69. The van der Waals surface area contributed by atoms with Crippen LogP contribution in [0, 0.1) is 11.6 Å². The fourth-order valence-corrected chi connectivity index (χ4v) is 1.27. The number of hydrogen-bond donors (Lipinski definition) is 1. The summed E-state index contributed by atoms with van der Waals surface area (Å²) in [6, 6.07) is 3.01. The van der Waals surface area contributed by atoms with Gasteiger partial charge < -0.3 is 4.74 Å². The Hall–Kier alpha value is -1.98. The van der Waals surface area contributed by atoms with E-state index in [1.165, 1.54) is 6.92 Å². The first-order valence-corrected chi connectivity index (χ1v) is 5.68. The van der Waals surface area contributed by atoms with Crippen molar-refractivity contribution < 1.29 is 18.3 Å². The second-order valence-electron chi connectivity index (χ2n) is 4.94. The van der Waals surface area contributed by atoms with Gasteiger partial charge in [-0.25, -0.2) is 19.0 Å². The molecule has 0 aliphatic rings. The summed E-state index contributed by atoms with van der Waals surface area (Å²) in [6.07, 6.45) is -0.760. The Morgan fingerprint density at radius 2 is 1.95 bits per heavy atom. The largest absolute Gasteiger partial charge is 0.443 e. The summed E-state index contributed by atoms with van der Waals surface area (Å²) in [5.41, 5.74) is 1.59. The highest BCUT2D eigenvalue weighted by atomic mass is 19.1. The average Bonchev–Trinajstić information content (AvgIpc) is 2.27. The molecule has 0 aliphatic heterocycles. The highest BCUT2D eigenvalue weighted by Gasteiger charge is 2.16. The van der Waals surface area contributed by atoms with E-state index < -0.39 is 23.3 Å². The summed E-state index contributed by atoms with van der Waals surface area (Å²) in [5, 5.41) is 3.67. The molecule has 0 saturated heterocycles. The van der Waals surface area contributed by atoms with Crippen molar-refractivity contribution in [1.29, 1.82) is 0 Å². The third-order valence-electron chi connectivity index (χ3n) is 2.03. The van der Waals surface area contributed by atoms with Crippen LogP contribution in [0.15, 0.2) is 23.3 Å². The third-order valence-corrected chi connectivity index (χ3v) is 2.03. The average molecular weight is 270 g/mol. The number of benzene rings is 1. The Kier molecular flexibility index (Phi) is 4.58. The van der Waals surface area contributed by atoms with Crippen molar-refractivity contribution in [3.05, 3.63) is 35.4 Å². The van der Waals surface area contributed by atoms with Gasteiger partial charge in [-0.15, -0.1) is 0 Å². The van der Waals surface area contributed by atoms with E-state index in [2.05, 4.69) is 10.5 Å². The minimum Gasteiger partial charge on any atom is -0.443 e. The summed E-state index contributed by atoms with van der Waals surface area (Å²) in [4.78, 5) is 11.3. The Bertz CT molecular complexity index is 508. The topological polar surface area (TPSA) is 50.7 Å². The van der Waals surface area contributed by atoms with Crippen LogP contribution in [0.2, 0.25) is 0 Å². The van der Waals surface area contributed by atoms with Crippen LogP contribution in [0.5, 0.6) is 0 Å². The number of halogens is 2. The number of nitrogens with one attached hydrogen (secondary N) is 1. The Morgan fingerprint density at radius 1 is 1.32 bits per heavy atom. The Balaban J connectivity index is 2.77. The fourth-order valence-electron chi connectivity index (χ4n) is 1.27. The lowest BCUT2D eigenvalue weighted by Crippen LogP contribution is -2.30. The normalized spacial score (nSPS) is 12.2. The smallest absolute Gasteiger partial charge is 0.428 e. The van der Waals surface area contributed by atoms with Gasteiger partial charge in [-0.2, -0.15) is 5.10 Å². The molecule has 0 saturated carbocycles. The maximum Gasteiger partial charge on any atom is 0.428 e. The van der Waals surface area contributed by atoms with Crippen molar-refractivity contribution in [2.75, 3.05) is 0 Å². The summed E-state index contributed by atoms with van der Waals surface area (Å²) < 4.78 is 31.4. The summed E-state index contributed by atoms with van der Waals surface area (Å²) in [7, 11) is 0. The number of carbonyl (C=O) groups is 1. The van der Waals surface area contributed by atoms with Crippen molar-refractivity contribution in [3.8, 4) is 0 Å². The number of hydrazone groups is 1. The van der Waals surface area contributed by atoms with E-state index in [-0.39, 0.29) is 11.3 Å². The van der Waals surface area contributed by atoms with Crippen molar-refractivity contribution >= 4 is 11.8 Å². The summed E-state index contributed by atoms with van der Waals surface area (Å²) in [6.45, 7) is 6.56. The third kappa shape index (κ3) is 5.03. The quantitative estimate of drug-likeness (QED) is 0.662. The van der Waals surface area contributed by atoms with Crippen LogP contribution in [0.4, 0.5) is 13.6 Å². The molecule has 1 aromatic carbocycles. The Morgan fingerprint density at radius 3 is 2.53 bits per heavy atom. The van der Waals surface area contributed by atoms with Gasteiger partial charge in [0.1, 0.15) is 17.2 Å². The number of nitrogens with zero attached hydrogens (tertiary/aromatic N) is 1. The molecule has 1 rings (SSSR count). The second kappa shape index (κ2) is 5.77. The number of carbonyl (C=O) groups excluding carboxylic acids is 1. The second-order valence-corrected chi connectivity index (χ2v) is 4.94. The molecule has 19 heavy (non-hydrogen) atoms. The van der Waals surface area contributed by atoms with E-state index in [9.17, 15) is 13.6 Å². The maximum absolute atomic E-state index is 13.4. The molecule has 0 fully saturated rings. The molecule has 6 heteroatoms. The van der Waals surface area contributed by atoms with Crippen molar-refractivity contribution in [2.24, 2.45) is 5.10 Å². The van der Waals surface area contributed by atoms with Crippen LogP contribution in [0.25, 0.3) is 0 Å². The van der Waals surface area contributed by atoms with Crippen molar-refractivity contribution in [1.82, 2.24) is 5.43 Å². The first-order valence-electron chi connectivity index (χ1n) is 5.68. The summed E-state index contributed by atoms with van der Waals surface area (Å²) in [5.74, 6) is -1.20. The Labute approximate surface area is 110 Å². The molecular weight excluding hydrogens is 254 g/mol. The van der Waals surface area contributed by atoms with E-state index in [1.54, 1.807) is 20.8 Å². The molecule has 0 bridgehead atoms. The van der Waals surface area contributed by atoms with Gasteiger partial charge in [-0.05, 0) is 45.9 Å². The molecule has 0 spiro atoms. The highest BCUT2D eigenvalue weighted by Crippen LogP contribution is 2.11. The SMILES string of the molecule is C/C(=N/NC(=O)OC(C)(C)C)c1cc(F)ccc1F. The van der Waals surface area contributed by atoms with Gasteiger partial charge >= 0.3 is 6.09 Å². The fraction of sp³-hybridized carbons (Fsp3) is 0.385. The molecule has 0 radical (unpaired) electrons. The zero-order valence-electron chi connectivity index (χ0n) is 11.3. The maximum atomic E-state index is 13.4. The number of amides is 1. The number of rotatable bonds is 2. The molecule has 4 nitrogen and oxygen atoms in total. The molecule has 0 unspecified atom stereocenters. The molecule has 1 N–H and O–H groups in total. The van der Waals surface area contributed by atoms with Crippen LogP contribution in [-0.2, 0) is 4.74 Å². The molecular formula is C13H16F2N2O2. The van der Waals surface area contributed by atoms with Gasteiger partial charge in [0.05, 0.1) is 5.71 Å². The minimum atomic E-state index is -0.760. The standard InChI is InChI=1S/C13H16F2N2O2/c1-8(10-7-9(14)5-6-11(10)15)16-17-12(18)19-13(2,3)4/h5-7H,1-4H3,(H,17,18)/b16-8-. The van der Waals surface area contributed by atoms with Gasteiger partial charge in [-0.1, -0.05) is 0 Å². The van der Waals surface area contributed by atoms with Crippen LogP contribution < -0.4 is 5.43 Å². The van der Waals surface area contributed by atoms with Gasteiger partial charge in [0.25, 0.3) is 0 Å². The molecule has 1 amide bonds. The number of ether oxygens (including phenoxy) is 1. The minimum absolute atomic E-state index is 0.0175. The molecule has 1 aromatic rings. The monoisotopic (exact) mass is 270 g/mol. The van der Waals surface area contributed by atoms with Crippen LogP contribution in [0.1, 0.15) is 33.3 Å². The van der Waals surface area contributed by atoms with Gasteiger partial charge in [0.2, 0.25) is 0 Å². The predicted octanol–water partition coefficient (Wildman–Crippen LogP) is 3.21. The highest BCUT2D eigenvalue weighted by molar-refractivity contribution is 5.99. The molecule has 104 valence electrons. The lowest BCUT2D eigenvalue weighted by molar-refractivity contribution is 0.0529. The van der Waals surface area contributed by atoms with Crippen LogP contribution in [0.3, 0.4) is 0 Å². The van der Waals surface area contributed by atoms with E-state index >= 15 is 0 Å². The van der Waals surface area contributed by atoms with E-state index in [0.29, 0.717) is 0 Å².